The van der Waals surface area contributed by atoms with Crippen molar-refractivity contribution >= 4 is 5.69 Å². The number of hydrogen-bond donors (Lipinski definition) is 1. The van der Waals surface area contributed by atoms with Gasteiger partial charge in [-0.25, -0.2) is 0 Å². The zero-order valence-electron chi connectivity index (χ0n) is 12.1. The Hall–Kier alpha value is -1.26. The van der Waals surface area contributed by atoms with Crippen molar-refractivity contribution in [1.82, 2.24) is 0 Å². The van der Waals surface area contributed by atoms with E-state index in [1.165, 1.54) is 5.69 Å². The molecule has 0 unspecified atom stereocenters. The van der Waals surface area contributed by atoms with Crippen molar-refractivity contribution in [1.29, 1.82) is 0 Å². The van der Waals surface area contributed by atoms with Gasteiger partial charge in [0.1, 0.15) is 5.75 Å². The molecule has 0 amide bonds. The highest BCUT2D eigenvalue weighted by molar-refractivity contribution is 5.49. The normalized spacial score (nSPS) is 10.5. The Morgan fingerprint density at radius 2 is 1.79 bits per heavy atom. The summed E-state index contributed by atoms with van der Waals surface area (Å²) in [7, 11) is 1.68. The van der Waals surface area contributed by atoms with Crippen molar-refractivity contribution in [2.24, 2.45) is 5.73 Å². The SMILES string of the molecule is CCOCCCN(CCCN)c1ccc(OC)cc1. The molecule has 0 saturated carbocycles. The number of benzene rings is 1. The summed E-state index contributed by atoms with van der Waals surface area (Å²) in [6.07, 6.45) is 2.03. The number of ether oxygens (including phenoxy) is 2. The van der Waals surface area contributed by atoms with Gasteiger partial charge >= 0.3 is 0 Å². The molecular weight excluding hydrogens is 240 g/mol. The van der Waals surface area contributed by atoms with Gasteiger partial charge in [0.2, 0.25) is 0 Å². The Balaban J connectivity index is 2.55. The van der Waals surface area contributed by atoms with Crippen LogP contribution in [0.1, 0.15) is 19.8 Å². The number of rotatable bonds is 10. The molecule has 0 heterocycles. The van der Waals surface area contributed by atoms with E-state index in [2.05, 4.69) is 17.0 Å². The van der Waals surface area contributed by atoms with Crippen LogP contribution in [-0.4, -0.2) is 40.0 Å². The zero-order chi connectivity index (χ0) is 13.9. The molecule has 0 aliphatic heterocycles. The molecule has 4 heteroatoms. The molecule has 4 nitrogen and oxygen atoms in total. The molecule has 0 fully saturated rings. The first kappa shape index (κ1) is 15.8. The van der Waals surface area contributed by atoms with Crippen LogP contribution in [-0.2, 0) is 4.74 Å². The molecule has 0 radical (unpaired) electrons. The second kappa shape index (κ2) is 9.64. The van der Waals surface area contributed by atoms with E-state index in [0.717, 1.165) is 51.4 Å². The number of hydrogen-bond acceptors (Lipinski definition) is 4. The Morgan fingerprint density at radius 1 is 1.11 bits per heavy atom. The maximum Gasteiger partial charge on any atom is 0.119 e. The van der Waals surface area contributed by atoms with Crippen LogP contribution in [0.5, 0.6) is 5.75 Å². The van der Waals surface area contributed by atoms with Crippen LogP contribution in [0.3, 0.4) is 0 Å². The first-order valence-electron chi connectivity index (χ1n) is 6.98. The van der Waals surface area contributed by atoms with Gasteiger partial charge in [-0.3, -0.25) is 0 Å². The lowest BCUT2D eigenvalue weighted by Crippen LogP contribution is -2.28. The summed E-state index contributed by atoms with van der Waals surface area (Å²) in [5, 5.41) is 0. The van der Waals surface area contributed by atoms with Gasteiger partial charge < -0.3 is 20.1 Å². The first-order chi connectivity index (χ1) is 9.31. The Kier molecular flexibility index (Phi) is 8.02. The summed E-state index contributed by atoms with van der Waals surface area (Å²) in [5.74, 6) is 0.886. The number of methoxy groups -OCH3 is 1. The molecule has 2 N–H and O–H groups in total. The fourth-order valence-electron chi connectivity index (χ4n) is 1.95. The lowest BCUT2D eigenvalue weighted by atomic mass is 10.2. The van der Waals surface area contributed by atoms with Crippen LogP contribution in [0.2, 0.25) is 0 Å². The van der Waals surface area contributed by atoms with Crippen molar-refractivity contribution in [2.75, 3.05) is 44.9 Å². The lowest BCUT2D eigenvalue weighted by molar-refractivity contribution is 0.146. The minimum Gasteiger partial charge on any atom is -0.497 e. The van der Waals surface area contributed by atoms with E-state index in [-0.39, 0.29) is 0 Å². The molecule has 0 aliphatic carbocycles. The van der Waals surface area contributed by atoms with Gasteiger partial charge in [0.05, 0.1) is 7.11 Å². The molecule has 0 aromatic heterocycles. The van der Waals surface area contributed by atoms with Gasteiger partial charge in [-0.1, -0.05) is 0 Å². The van der Waals surface area contributed by atoms with Gasteiger partial charge in [0.15, 0.2) is 0 Å². The summed E-state index contributed by atoms with van der Waals surface area (Å²) < 4.78 is 10.6. The summed E-state index contributed by atoms with van der Waals surface area (Å²) in [6, 6.07) is 8.17. The second-order valence-corrected chi connectivity index (χ2v) is 4.38. The topological polar surface area (TPSA) is 47.7 Å². The third-order valence-electron chi connectivity index (χ3n) is 2.99. The summed E-state index contributed by atoms with van der Waals surface area (Å²) >= 11 is 0. The number of nitrogens with two attached hydrogens (primary N) is 1. The molecule has 1 aromatic carbocycles. The maximum atomic E-state index is 5.61. The van der Waals surface area contributed by atoms with E-state index < -0.39 is 0 Å². The third-order valence-corrected chi connectivity index (χ3v) is 2.99. The lowest BCUT2D eigenvalue weighted by Gasteiger charge is -2.25. The third kappa shape index (κ3) is 5.94. The first-order valence-corrected chi connectivity index (χ1v) is 6.98. The van der Waals surface area contributed by atoms with Crippen molar-refractivity contribution in [2.45, 2.75) is 19.8 Å². The van der Waals surface area contributed by atoms with Gasteiger partial charge in [-0.15, -0.1) is 0 Å². The standard InChI is InChI=1S/C15H26N2O2/c1-3-19-13-5-12-17(11-4-10-16)14-6-8-15(18-2)9-7-14/h6-9H,3-5,10-13,16H2,1-2H3. The fraction of sp³-hybridized carbons (Fsp3) is 0.600. The van der Waals surface area contributed by atoms with Crippen molar-refractivity contribution in [3.05, 3.63) is 24.3 Å². The molecule has 108 valence electrons. The van der Waals surface area contributed by atoms with Crippen molar-refractivity contribution in [3.63, 3.8) is 0 Å². The van der Waals surface area contributed by atoms with Crippen LogP contribution in [0.25, 0.3) is 0 Å². The van der Waals surface area contributed by atoms with Crippen LogP contribution >= 0.6 is 0 Å². The number of anilines is 1. The quantitative estimate of drug-likeness (QED) is 0.660. The van der Waals surface area contributed by atoms with E-state index in [9.17, 15) is 0 Å². The molecule has 0 aliphatic rings. The van der Waals surface area contributed by atoms with Crippen LogP contribution in [0.4, 0.5) is 5.69 Å². The van der Waals surface area contributed by atoms with Crippen LogP contribution < -0.4 is 15.4 Å². The van der Waals surface area contributed by atoms with E-state index in [1.54, 1.807) is 7.11 Å². The van der Waals surface area contributed by atoms with E-state index in [0.29, 0.717) is 0 Å². The summed E-state index contributed by atoms with van der Waals surface area (Å²) in [4.78, 5) is 2.35. The minimum absolute atomic E-state index is 0.720. The Morgan fingerprint density at radius 3 is 2.37 bits per heavy atom. The molecule has 0 spiro atoms. The Labute approximate surface area is 116 Å². The van der Waals surface area contributed by atoms with Crippen molar-refractivity contribution in [3.8, 4) is 5.75 Å². The number of nitrogens with zero attached hydrogens (tertiary/aromatic N) is 1. The molecule has 1 aromatic rings. The maximum absolute atomic E-state index is 5.61. The van der Waals surface area contributed by atoms with Crippen LogP contribution in [0.15, 0.2) is 24.3 Å². The molecule has 1 rings (SSSR count). The molecule has 0 atom stereocenters. The van der Waals surface area contributed by atoms with E-state index in [4.69, 9.17) is 15.2 Å². The monoisotopic (exact) mass is 266 g/mol. The smallest absolute Gasteiger partial charge is 0.119 e. The highest BCUT2D eigenvalue weighted by atomic mass is 16.5. The highest BCUT2D eigenvalue weighted by Gasteiger charge is 2.06. The largest absolute Gasteiger partial charge is 0.497 e. The summed E-state index contributed by atoms with van der Waals surface area (Å²) in [6.45, 7) is 6.31. The average Bonchev–Trinajstić information content (AvgIpc) is 2.47. The predicted octanol–water partition coefficient (Wildman–Crippen LogP) is 2.28. The van der Waals surface area contributed by atoms with Crippen LogP contribution in [0, 0.1) is 0 Å². The average molecular weight is 266 g/mol. The second-order valence-electron chi connectivity index (χ2n) is 4.38. The molecule has 0 bridgehead atoms. The van der Waals surface area contributed by atoms with E-state index in [1.807, 2.05) is 19.1 Å². The molecular formula is C15H26N2O2. The molecule has 0 saturated heterocycles. The van der Waals surface area contributed by atoms with Crippen molar-refractivity contribution < 1.29 is 9.47 Å². The highest BCUT2D eigenvalue weighted by Crippen LogP contribution is 2.19. The van der Waals surface area contributed by atoms with E-state index >= 15 is 0 Å². The van der Waals surface area contributed by atoms with Gasteiger partial charge in [0.25, 0.3) is 0 Å². The summed E-state index contributed by atoms with van der Waals surface area (Å²) in [5.41, 5.74) is 6.82. The zero-order valence-corrected chi connectivity index (χ0v) is 12.1. The minimum atomic E-state index is 0.720. The van der Waals surface area contributed by atoms with Gasteiger partial charge in [-0.05, 0) is 50.6 Å². The Bertz CT molecular complexity index is 327. The fourth-order valence-corrected chi connectivity index (χ4v) is 1.95. The molecule has 19 heavy (non-hydrogen) atoms. The van der Waals surface area contributed by atoms with Gasteiger partial charge in [0, 0.05) is 32.0 Å². The predicted molar refractivity (Wildman–Crippen MR) is 80.0 cm³/mol. The van der Waals surface area contributed by atoms with Gasteiger partial charge in [-0.2, -0.15) is 0 Å².